The van der Waals surface area contributed by atoms with Crippen molar-refractivity contribution in [3.05, 3.63) is 45.1 Å². The van der Waals surface area contributed by atoms with E-state index in [-0.39, 0.29) is 5.84 Å². The maximum absolute atomic E-state index is 8.62. The Labute approximate surface area is 114 Å². The first-order valence-electron chi connectivity index (χ1n) is 4.60. The first-order valence-corrected chi connectivity index (χ1v) is 6.18. The summed E-state index contributed by atoms with van der Waals surface area (Å²) in [5.74, 6) is 0.0603. The second-order valence-electron chi connectivity index (χ2n) is 3.25. The summed E-state index contributed by atoms with van der Waals surface area (Å²) in [4.78, 5) is 0. The zero-order valence-electron chi connectivity index (χ0n) is 8.51. The zero-order chi connectivity index (χ0) is 12.4. The van der Waals surface area contributed by atoms with Crippen LogP contribution in [0.15, 0.2) is 44.7 Å². The third kappa shape index (κ3) is 2.50. The highest BCUT2D eigenvalue weighted by Gasteiger charge is 2.07. The van der Waals surface area contributed by atoms with Crippen LogP contribution in [0.2, 0.25) is 0 Å². The van der Waals surface area contributed by atoms with Crippen molar-refractivity contribution < 1.29 is 5.21 Å². The number of hydrogen-bond acceptors (Lipinski definition) is 3. The monoisotopic (exact) mass is 358 g/mol. The van der Waals surface area contributed by atoms with Gasteiger partial charge in [0.25, 0.3) is 0 Å². The molecule has 0 amide bonds. The van der Waals surface area contributed by atoms with Crippen LogP contribution < -0.4 is 5.73 Å². The number of aromatic nitrogens is 2. The molecule has 0 aliphatic carbocycles. The summed E-state index contributed by atoms with van der Waals surface area (Å²) in [6.07, 6.45) is 3.54. The van der Waals surface area contributed by atoms with Gasteiger partial charge in [-0.05, 0) is 50.1 Å². The molecule has 5 nitrogen and oxygen atoms in total. The Hall–Kier alpha value is -1.34. The number of hydrogen-bond donors (Lipinski definition) is 2. The second-order valence-corrected chi connectivity index (χ2v) is 5.02. The molecular formula is C10H8Br2N4O. The fourth-order valence-electron chi connectivity index (χ4n) is 1.35. The molecule has 2 rings (SSSR count). The number of nitrogens with two attached hydrogens (primary N) is 1. The number of benzene rings is 1. The molecule has 0 spiro atoms. The van der Waals surface area contributed by atoms with Gasteiger partial charge in [-0.3, -0.25) is 0 Å². The molecule has 3 N–H and O–H groups in total. The number of nitrogens with zero attached hydrogens (tertiary/aromatic N) is 3. The van der Waals surface area contributed by atoms with E-state index in [0.717, 1.165) is 14.6 Å². The molecule has 1 aromatic carbocycles. The molecule has 0 aliphatic rings. The van der Waals surface area contributed by atoms with Crippen LogP contribution in [-0.2, 0) is 0 Å². The van der Waals surface area contributed by atoms with Gasteiger partial charge in [-0.1, -0.05) is 5.16 Å². The van der Waals surface area contributed by atoms with Crippen LogP contribution in [0.25, 0.3) is 5.69 Å². The van der Waals surface area contributed by atoms with Crippen LogP contribution in [-0.4, -0.2) is 20.8 Å². The van der Waals surface area contributed by atoms with Crippen LogP contribution in [0.1, 0.15) is 5.56 Å². The van der Waals surface area contributed by atoms with Gasteiger partial charge in [-0.25, -0.2) is 4.68 Å². The highest BCUT2D eigenvalue weighted by atomic mass is 79.9. The lowest BCUT2D eigenvalue weighted by Crippen LogP contribution is -2.14. The van der Waals surface area contributed by atoms with Crippen molar-refractivity contribution in [3.63, 3.8) is 0 Å². The zero-order valence-corrected chi connectivity index (χ0v) is 11.7. The van der Waals surface area contributed by atoms with E-state index in [0.29, 0.717) is 5.56 Å². The smallest absolute Gasteiger partial charge is 0.171 e. The molecule has 1 aromatic heterocycles. The summed E-state index contributed by atoms with van der Waals surface area (Å²) in [6, 6.07) is 5.43. The van der Waals surface area contributed by atoms with Crippen LogP contribution in [0.5, 0.6) is 0 Å². The standard InChI is InChI=1S/C10H8Br2N4O/c11-6-4-14-16(5-6)7-1-2-8(9(12)3-7)10(13)15-17/h1-5,17H,(H2,13,15). The summed E-state index contributed by atoms with van der Waals surface area (Å²) in [5, 5.41) is 15.7. The molecule has 0 radical (unpaired) electrons. The van der Waals surface area contributed by atoms with Gasteiger partial charge in [0, 0.05) is 16.2 Å². The molecule has 0 atom stereocenters. The molecule has 0 bridgehead atoms. The Morgan fingerprint density at radius 2 is 2.18 bits per heavy atom. The highest BCUT2D eigenvalue weighted by molar-refractivity contribution is 9.10. The normalized spacial score (nSPS) is 11.8. The quantitative estimate of drug-likeness (QED) is 0.374. The van der Waals surface area contributed by atoms with E-state index >= 15 is 0 Å². The maximum atomic E-state index is 8.62. The molecule has 1 heterocycles. The molecule has 0 saturated carbocycles. The fourth-order valence-corrected chi connectivity index (χ4v) is 2.21. The first-order chi connectivity index (χ1) is 8.11. The molecule has 88 valence electrons. The minimum absolute atomic E-state index is 0.0603. The van der Waals surface area contributed by atoms with Crippen LogP contribution in [0.4, 0.5) is 0 Å². The lowest BCUT2D eigenvalue weighted by atomic mass is 10.2. The Kier molecular flexibility index (Phi) is 3.49. The molecule has 0 unspecified atom stereocenters. The third-order valence-electron chi connectivity index (χ3n) is 2.15. The van der Waals surface area contributed by atoms with Crippen molar-refractivity contribution >= 4 is 37.7 Å². The summed E-state index contributed by atoms with van der Waals surface area (Å²) in [7, 11) is 0. The van der Waals surface area contributed by atoms with E-state index in [1.54, 1.807) is 16.9 Å². The van der Waals surface area contributed by atoms with E-state index in [9.17, 15) is 0 Å². The molecule has 7 heteroatoms. The number of rotatable bonds is 2. The average molecular weight is 360 g/mol. The van der Waals surface area contributed by atoms with E-state index in [2.05, 4.69) is 42.1 Å². The highest BCUT2D eigenvalue weighted by Crippen LogP contribution is 2.21. The summed E-state index contributed by atoms with van der Waals surface area (Å²) >= 11 is 6.70. The third-order valence-corrected chi connectivity index (χ3v) is 3.22. The van der Waals surface area contributed by atoms with Gasteiger partial charge in [0.2, 0.25) is 0 Å². The van der Waals surface area contributed by atoms with Gasteiger partial charge < -0.3 is 10.9 Å². The minimum atomic E-state index is 0.0603. The van der Waals surface area contributed by atoms with Gasteiger partial charge in [0.15, 0.2) is 5.84 Å². The summed E-state index contributed by atoms with van der Waals surface area (Å²) < 4.78 is 3.34. The number of halogens is 2. The Balaban J connectivity index is 2.44. The molecule has 2 aromatic rings. The molecule has 0 fully saturated rings. The number of amidine groups is 1. The first kappa shape index (κ1) is 12.1. The van der Waals surface area contributed by atoms with Gasteiger partial charge in [0.05, 0.1) is 16.4 Å². The van der Waals surface area contributed by atoms with E-state index < -0.39 is 0 Å². The van der Waals surface area contributed by atoms with Crippen molar-refractivity contribution in [3.8, 4) is 5.69 Å². The summed E-state index contributed by atoms with van der Waals surface area (Å²) in [5.41, 5.74) is 7.03. The Morgan fingerprint density at radius 3 is 2.71 bits per heavy atom. The topological polar surface area (TPSA) is 76.4 Å². The van der Waals surface area contributed by atoms with Crippen molar-refractivity contribution in [2.45, 2.75) is 0 Å². The van der Waals surface area contributed by atoms with Gasteiger partial charge in [0.1, 0.15) is 0 Å². The predicted octanol–water partition coefficient (Wildman–Crippen LogP) is 2.49. The fraction of sp³-hybridized carbons (Fsp3) is 0. The Morgan fingerprint density at radius 1 is 1.41 bits per heavy atom. The molecule has 0 aliphatic heterocycles. The van der Waals surface area contributed by atoms with Crippen molar-refractivity contribution in [1.82, 2.24) is 9.78 Å². The predicted molar refractivity (Wildman–Crippen MR) is 71.5 cm³/mol. The van der Waals surface area contributed by atoms with Gasteiger partial charge >= 0.3 is 0 Å². The van der Waals surface area contributed by atoms with E-state index in [1.807, 2.05) is 18.3 Å². The molecule has 17 heavy (non-hydrogen) atoms. The van der Waals surface area contributed by atoms with Crippen molar-refractivity contribution in [2.75, 3.05) is 0 Å². The maximum Gasteiger partial charge on any atom is 0.171 e. The minimum Gasteiger partial charge on any atom is -0.409 e. The van der Waals surface area contributed by atoms with Gasteiger partial charge in [-0.2, -0.15) is 5.10 Å². The molecular weight excluding hydrogens is 352 g/mol. The largest absolute Gasteiger partial charge is 0.409 e. The van der Waals surface area contributed by atoms with E-state index in [1.165, 1.54) is 0 Å². The van der Waals surface area contributed by atoms with Crippen LogP contribution >= 0.6 is 31.9 Å². The van der Waals surface area contributed by atoms with Crippen LogP contribution in [0.3, 0.4) is 0 Å². The van der Waals surface area contributed by atoms with Crippen molar-refractivity contribution in [1.29, 1.82) is 0 Å². The Bertz CT molecular complexity index is 579. The van der Waals surface area contributed by atoms with Gasteiger partial charge in [-0.15, -0.1) is 0 Å². The SMILES string of the molecule is N/C(=N/O)c1ccc(-n2cc(Br)cn2)cc1Br. The van der Waals surface area contributed by atoms with Crippen molar-refractivity contribution in [2.24, 2.45) is 10.9 Å². The van der Waals surface area contributed by atoms with E-state index in [4.69, 9.17) is 10.9 Å². The average Bonchev–Trinajstić information content (AvgIpc) is 2.75. The second kappa shape index (κ2) is 4.89. The number of oxime groups is 1. The molecule has 0 saturated heterocycles. The van der Waals surface area contributed by atoms with Crippen LogP contribution in [0, 0.1) is 0 Å². The lowest BCUT2D eigenvalue weighted by molar-refractivity contribution is 0.318. The lowest BCUT2D eigenvalue weighted by Gasteiger charge is -2.06. The summed E-state index contributed by atoms with van der Waals surface area (Å²) in [6.45, 7) is 0.